The van der Waals surface area contributed by atoms with E-state index >= 15 is 0 Å². The van der Waals surface area contributed by atoms with E-state index in [-0.39, 0.29) is 0 Å². The highest BCUT2D eigenvalue weighted by Crippen LogP contribution is 2.51. The maximum absolute atomic E-state index is 12.8. The fraction of sp³-hybridized carbons (Fsp3) is 0.571. The predicted octanol–water partition coefficient (Wildman–Crippen LogP) is 3.74. The smallest absolute Gasteiger partial charge is 0.115 e. The van der Waals surface area contributed by atoms with Gasteiger partial charge in [0, 0.05) is 17.6 Å². The molecule has 0 saturated carbocycles. The molecule has 2 rings (SSSR count). The van der Waals surface area contributed by atoms with E-state index in [1.807, 2.05) is 30.3 Å². The van der Waals surface area contributed by atoms with Gasteiger partial charge >= 0.3 is 0 Å². The van der Waals surface area contributed by atoms with Crippen LogP contribution in [0.5, 0.6) is 0 Å². The molecule has 0 unspecified atom stereocenters. The van der Waals surface area contributed by atoms with Crippen molar-refractivity contribution < 1.29 is 4.57 Å². The Morgan fingerprint density at radius 2 is 1.69 bits per heavy atom. The van der Waals surface area contributed by atoms with E-state index < -0.39 is 7.14 Å². The van der Waals surface area contributed by atoms with Crippen molar-refractivity contribution in [1.82, 2.24) is 0 Å². The van der Waals surface area contributed by atoms with Gasteiger partial charge in [0.25, 0.3) is 0 Å². The highest BCUT2D eigenvalue weighted by molar-refractivity contribution is 7.71. The van der Waals surface area contributed by atoms with Gasteiger partial charge in [-0.25, -0.2) is 0 Å². The molecule has 1 aromatic carbocycles. The van der Waals surface area contributed by atoms with E-state index in [9.17, 15) is 4.57 Å². The second-order valence-corrected chi connectivity index (χ2v) is 8.44. The Morgan fingerprint density at radius 1 is 1.12 bits per heavy atom. The monoisotopic (exact) mass is 236 g/mol. The molecule has 0 radical (unpaired) electrons. The second kappa shape index (κ2) is 4.75. The summed E-state index contributed by atoms with van der Waals surface area (Å²) in [6, 6.07) is 10.1. The molecule has 1 aliphatic heterocycles. The van der Waals surface area contributed by atoms with Crippen molar-refractivity contribution in [3.05, 3.63) is 30.3 Å². The molecule has 0 aliphatic carbocycles. The third kappa shape index (κ3) is 2.40. The molecule has 1 aliphatic rings. The van der Waals surface area contributed by atoms with Crippen LogP contribution in [-0.4, -0.2) is 12.3 Å². The van der Waals surface area contributed by atoms with Gasteiger partial charge in [-0.2, -0.15) is 0 Å². The molecule has 0 atom stereocenters. The number of benzene rings is 1. The Labute approximate surface area is 98.6 Å². The van der Waals surface area contributed by atoms with Crippen molar-refractivity contribution in [2.24, 2.45) is 11.8 Å². The SMILES string of the molecule is CC(C)[C@H]1CC[P@](=O)(c2ccccc2)CC1. The molecule has 1 saturated heterocycles. The molecule has 0 N–H and O–H groups in total. The van der Waals surface area contributed by atoms with Crippen molar-refractivity contribution >= 4 is 12.4 Å². The van der Waals surface area contributed by atoms with Gasteiger partial charge in [0.15, 0.2) is 0 Å². The van der Waals surface area contributed by atoms with Crippen LogP contribution in [-0.2, 0) is 4.57 Å². The molecule has 88 valence electrons. The summed E-state index contributed by atoms with van der Waals surface area (Å²) in [7, 11) is -2.04. The van der Waals surface area contributed by atoms with Gasteiger partial charge in [-0.1, -0.05) is 44.2 Å². The third-order valence-corrected chi connectivity index (χ3v) is 7.09. The minimum atomic E-state index is -2.04. The van der Waals surface area contributed by atoms with Crippen molar-refractivity contribution in [3.8, 4) is 0 Å². The molecule has 0 spiro atoms. The van der Waals surface area contributed by atoms with Crippen molar-refractivity contribution in [2.45, 2.75) is 26.7 Å². The molecule has 0 bridgehead atoms. The Bertz CT molecular complexity index is 371. The molecular weight excluding hydrogens is 215 g/mol. The van der Waals surface area contributed by atoms with Crippen molar-refractivity contribution in [2.75, 3.05) is 12.3 Å². The maximum Gasteiger partial charge on any atom is 0.115 e. The first-order chi connectivity index (χ1) is 7.62. The Balaban J connectivity index is 2.10. The molecule has 1 fully saturated rings. The molecule has 1 aromatic rings. The van der Waals surface area contributed by atoms with Crippen molar-refractivity contribution in [1.29, 1.82) is 0 Å². The van der Waals surface area contributed by atoms with E-state index in [1.165, 1.54) is 0 Å². The Hall–Kier alpha value is -0.550. The lowest BCUT2D eigenvalue weighted by Crippen LogP contribution is -2.23. The van der Waals surface area contributed by atoms with Crippen LogP contribution < -0.4 is 5.30 Å². The largest absolute Gasteiger partial charge is 0.319 e. The van der Waals surface area contributed by atoms with E-state index in [1.54, 1.807) is 0 Å². The van der Waals surface area contributed by atoms with Gasteiger partial charge in [-0.15, -0.1) is 0 Å². The topological polar surface area (TPSA) is 17.1 Å². The van der Waals surface area contributed by atoms with Crippen LogP contribution in [0.3, 0.4) is 0 Å². The molecule has 16 heavy (non-hydrogen) atoms. The summed E-state index contributed by atoms with van der Waals surface area (Å²) in [4.78, 5) is 0. The summed E-state index contributed by atoms with van der Waals surface area (Å²) in [6.07, 6.45) is 4.12. The summed E-state index contributed by atoms with van der Waals surface area (Å²) in [6.45, 7) is 4.56. The van der Waals surface area contributed by atoms with Crippen LogP contribution in [0.1, 0.15) is 26.7 Å². The fourth-order valence-electron chi connectivity index (χ4n) is 2.63. The molecule has 0 aromatic heterocycles. The second-order valence-electron chi connectivity index (χ2n) is 5.25. The third-order valence-electron chi connectivity index (χ3n) is 3.89. The number of hydrogen-bond acceptors (Lipinski definition) is 1. The molecule has 1 heterocycles. The van der Waals surface area contributed by atoms with Crippen LogP contribution in [0.15, 0.2) is 30.3 Å². The maximum atomic E-state index is 12.8. The van der Waals surface area contributed by atoms with E-state index in [4.69, 9.17) is 0 Å². The lowest BCUT2D eigenvalue weighted by Gasteiger charge is -2.31. The average Bonchev–Trinajstić information content (AvgIpc) is 2.31. The van der Waals surface area contributed by atoms with Crippen molar-refractivity contribution in [3.63, 3.8) is 0 Å². The minimum Gasteiger partial charge on any atom is -0.319 e. The summed E-state index contributed by atoms with van der Waals surface area (Å²) >= 11 is 0. The summed E-state index contributed by atoms with van der Waals surface area (Å²) in [5.74, 6) is 1.52. The molecule has 2 heteroatoms. The number of hydrogen-bond donors (Lipinski definition) is 0. The first-order valence-corrected chi connectivity index (χ1v) is 8.33. The normalized spacial score (nSPS) is 30.6. The summed E-state index contributed by atoms with van der Waals surface area (Å²) in [5.41, 5.74) is 0. The van der Waals surface area contributed by atoms with Crippen LogP contribution in [0.25, 0.3) is 0 Å². The quantitative estimate of drug-likeness (QED) is 0.715. The fourth-order valence-corrected chi connectivity index (χ4v) is 5.58. The lowest BCUT2D eigenvalue weighted by atomic mass is 9.91. The zero-order valence-corrected chi connectivity index (χ0v) is 11.1. The van der Waals surface area contributed by atoms with E-state index in [2.05, 4.69) is 13.8 Å². The summed E-state index contributed by atoms with van der Waals surface area (Å²) in [5, 5.41) is 1.09. The van der Waals surface area contributed by atoms with Crippen LogP contribution in [0.2, 0.25) is 0 Å². The highest BCUT2D eigenvalue weighted by Gasteiger charge is 2.32. The van der Waals surface area contributed by atoms with Gasteiger partial charge in [0.1, 0.15) is 7.14 Å². The predicted molar refractivity (Wildman–Crippen MR) is 71.0 cm³/mol. The molecular formula is C14H21OP. The highest BCUT2D eigenvalue weighted by atomic mass is 31.2. The van der Waals surface area contributed by atoms with Gasteiger partial charge in [-0.05, 0) is 24.7 Å². The molecule has 1 nitrogen and oxygen atoms in total. The van der Waals surface area contributed by atoms with Crippen LogP contribution in [0.4, 0.5) is 0 Å². The van der Waals surface area contributed by atoms with Crippen LogP contribution >= 0.6 is 7.14 Å². The first kappa shape index (κ1) is 11.9. The summed E-state index contributed by atoms with van der Waals surface area (Å²) < 4.78 is 12.8. The number of rotatable bonds is 2. The molecule has 0 amide bonds. The first-order valence-electron chi connectivity index (χ1n) is 6.25. The van der Waals surface area contributed by atoms with E-state index in [0.717, 1.165) is 42.3 Å². The Morgan fingerprint density at radius 3 is 2.19 bits per heavy atom. The van der Waals surface area contributed by atoms with Gasteiger partial charge in [0.2, 0.25) is 0 Å². The van der Waals surface area contributed by atoms with E-state index in [0.29, 0.717) is 0 Å². The lowest BCUT2D eigenvalue weighted by molar-refractivity contribution is 0.352. The zero-order chi connectivity index (χ0) is 11.6. The van der Waals surface area contributed by atoms with Crippen LogP contribution in [0, 0.1) is 11.8 Å². The van der Waals surface area contributed by atoms with Gasteiger partial charge in [0.05, 0.1) is 0 Å². The Kier molecular flexibility index (Phi) is 3.54. The zero-order valence-electron chi connectivity index (χ0n) is 10.2. The standard InChI is InChI=1S/C14H21OP/c1-12(2)13-8-10-16(15,11-9-13)14-6-4-3-5-7-14/h3-7,12-13H,8-11H2,1-2H3/t13-,16+. The van der Waals surface area contributed by atoms with Gasteiger partial charge < -0.3 is 4.57 Å². The van der Waals surface area contributed by atoms with Gasteiger partial charge in [-0.3, -0.25) is 0 Å². The minimum absolute atomic E-state index is 0.740. The average molecular weight is 236 g/mol.